The first-order valence-electron chi connectivity index (χ1n) is 8.16. The number of rotatable bonds is 5. The minimum atomic E-state index is -2.16. The van der Waals surface area contributed by atoms with Crippen LogP contribution in [-0.4, -0.2) is 32.8 Å². The summed E-state index contributed by atoms with van der Waals surface area (Å²) >= 11 is -2.16. The van der Waals surface area contributed by atoms with Gasteiger partial charge in [-0.3, -0.25) is 4.21 Å². The third-order valence-electron chi connectivity index (χ3n) is 4.71. The van der Waals surface area contributed by atoms with Crippen LogP contribution in [0.25, 0.3) is 11.1 Å². The zero-order valence-electron chi connectivity index (χ0n) is 13.4. The molecule has 0 amide bonds. The van der Waals surface area contributed by atoms with Crippen LogP contribution >= 0.6 is 0 Å². The van der Waals surface area contributed by atoms with Crippen LogP contribution in [0.5, 0.6) is 0 Å². The summed E-state index contributed by atoms with van der Waals surface area (Å²) in [5.74, 6) is 0. The van der Waals surface area contributed by atoms with Crippen LogP contribution in [0, 0.1) is 0 Å². The minimum absolute atomic E-state index is 0.324. The fourth-order valence-corrected chi connectivity index (χ4v) is 3.58. The molecule has 0 aromatic heterocycles. The van der Waals surface area contributed by atoms with Crippen LogP contribution in [0.15, 0.2) is 53.4 Å². The molecule has 23 heavy (non-hydrogen) atoms. The van der Waals surface area contributed by atoms with E-state index in [1.165, 1.54) is 24.9 Å². The second kappa shape index (κ2) is 7.39. The van der Waals surface area contributed by atoms with E-state index >= 15 is 0 Å². The Morgan fingerprint density at radius 1 is 1.09 bits per heavy atom. The highest BCUT2D eigenvalue weighted by Gasteiger charge is 2.19. The van der Waals surface area contributed by atoms with E-state index in [0.717, 1.165) is 30.1 Å². The highest BCUT2D eigenvalue weighted by molar-refractivity contribution is 7.79. The lowest BCUT2D eigenvalue weighted by Gasteiger charge is -2.20. The van der Waals surface area contributed by atoms with Gasteiger partial charge in [-0.05, 0) is 72.6 Å². The maximum absolute atomic E-state index is 10.9. The quantitative estimate of drug-likeness (QED) is 0.787. The van der Waals surface area contributed by atoms with Crippen molar-refractivity contribution in [1.82, 2.24) is 4.90 Å². The molecule has 1 unspecified atom stereocenters. The van der Waals surface area contributed by atoms with E-state index in [4.69, 9.17) is 0 Å². The first-order chi connectivity index (χ1) is 11.1. The first-order valence-corrected chi connectivity index (χ1v) is 9.23. The molecule has 0 spiro atoms. The van der Waals surface area contributed by atoms with Crippen LogP contribution in [0.4, 0.5) is 0 Å². The fourth-order valence-electron chi connectivity index (χ4n) is 3.22. The van der Waals surface area contributed by atoms with E-state index in [1.807, 2.05) is 12.1 Å². The second-order valence-corrected chi connectivity index (χ2v) is 7.17. The molecule has 1 aliphatic heterocycles. The smallest absolute Gasteiger partial charge is 0.0249 e. The summed E-state index contributed by atoms with van der Waals surface area (Å²) in [6.45, 7) is 4.67. The maximum atomic E-state index is 10.9. The Kier molecular flexibility index (Phi) is 5.26. The molecule has 0 N–H and O–H groups in total. The van der Waals surface area contributed by atoms with Crippen LogP contribution in [-0.2, 0) is 17.5 Å². The monoisotopic (exact) mass is 328 g/mol. The molecule has 2 aromatic carbocycles. The van der Waals surface area contributed by atoms with Gasteiger partial charge in [0.15, 0.2) is 0 Å². The van der Waals surface area contributed by atoms with Gasteiger partial charge in [0, 0.05) is 17.5 Å². The van der Waals surface area contributed by atoms with Gasteiger partial charge in [0.2, 0.25) is 0 Å². The zero-order valence-corrected chi connectivity index (χ0v) is 14.2. The third kappa shape index (κ3) is 4.08. The topological polar surface area (TPSA) is 43.4 Å². The molecule has 2 atom stereocenters. The Labute approximate surface area is 140 Å². The minimum Gasteiger partial charge on any atom is -0.768 e. The average molecular weight is 328 g/mol. The molecule has 1 heterocycles. The number of hydrogen-bond donors (Lipinski definition) is 0. The van der Waals surface area contributed by atoms with Crippen LogP contribution in [0.3, 0.4) is 0 Å². The van der Waals surface area contributed by atoms with Gasteiger partial charge in [-0.1, -0.05) is 36.4 Å². The maximum Gasteiger partial charge on any atom is 0.0249 e. The largest absolute Gasteiger partial charge is 0.768 e. The molecule has 2 aromatic rings. The molecule has 3 nitrogen and oxygen atoms in total. The summed E-state index contributed by atoms with van der Waals surface area (Å²) in [5.41, 5.74) is 3.51. The van der Waals surface area contributed by atoms with Gasteiger partial charge in [0.05, 0.1) is 0 Å². The van der Waals surface area contributed by atoms with Crippen molar-refractivity contribution >= 4 is 11.1 Å². The SMILES string of the molecule is C[C@@H]1CCCN1CCc1ccc(-c2ccc(S(=O)[O-])cc2)cc1. The van der Waals surface area contributed by atoms with Crippen molar-refractivity contribution in [1.29, 1.82) is 0 Å². The predicted octanol–water partition coefficient (Wildman–Crippen LogP) is 3.62. The number of likely N-dealkylation sites (tertiary alicyclic amines) is 1. The molecule has 4 heteroatoms. The molecule has 3 rings (SSSR count). The van der Waals surface area contributed by atoms with E-state index in [-0.39, 0.29) is 0 Å². The normalized spacial score (nSPS) is 19.8. The molecule has 0 radical (unpaired) electrons. The summed E-state index contributed by atoms with van der Waals surface area (Å²) in [4.78, 5) is 2.89. The van der Waals surface area contributed by atoms with Crippen molar-refractivity contribution in [2.75, 3.05) is 13.1 Å². The molecule has 0 saturated carbocycles. The third-order valence-corrected chi connectivity index (χ3v) is 5.37. The average Bonchev–Trinajstić information content (AvgIpc) is 2.99. The Bertz CT molecular complexity index is 667. The lowest BCUT2D eigenvalue weighted by molar-refractivity contribution is 0.272. The molecule has 122 valence electrons. The van der Waals surface area contributed by atoms with E-state index in [9.17, 15) is 8.76 Å². The molecule has 0 bridgehead atoms. The van der Waals surface area contributed by atoms with Gasteiger partial charge < -0.3 is 9.45 Å². The zero-order chi connectivity index (χ0) is 16.2. The van der Waals surface area contributed by atoms with Crippen molar-refractivity contribution in [3.05, 3.63) is 54.1 Å². The molecular weight excluding hydrogens is 306 g/mol. The van der Waals surface area contributed by atoms with Gasteiger partial charge in [0.25, 0.3) is 0 Å². The van der Waals surface area contributed by atoms with Crippen LogP contribution < -0.4 is 0 Å². The summed E-state index contributed by atoms with van der Waals surface area (Å²) in [5, 5.41) is 0. The second-order valence-electron chi connectivity index (χ2n) is 6.23. The summed E-state index contributed by atoms with van der Waals surface area (Å²) < 4.78 is 21.8. The number of nitrogens with zero attached hydrogens (tertiary/aromatic N) is 1. The number of benzene rings is 2. The van der Waals surface area contributed by atoms with E-state index in [2.05, 4.69) is 36.1 Å². The molecule has 1 aliphatic rings. The highest BCUT2D eigenvalue weighted by atomic mass is 32.2. The fraction of sp³-hybridized carbons (Fsp3) is 0.368. The Hall–Kier alpha value is -1.49. The predicted molar refractivity (Wildman–Crippen MR) is 93.0 cm³/mol. The van der Waals surface area contributed by atoms with Crippen molar-refractivity contribution in [2.45, 2.75) is 37.1 Å². The van der Waals surface area contributed by atoms with Gasteiger partial charge in [0.1, 0.15) is 0 Å². The van der Waals surface area contributed by atoms with Crippen LogP contribution in [0.2, 0.25) is 0 Å². The van der Waals surface area contributed by atoms with Gasteiger partial charge >= 0.3 is 0 Å². The molecule has 1 saturated heterocycles. The first kappa shape index (κ1) is 16.4. The highest BCUT2D eigenvalue weighted by Crippen LogP contribution is 2.22. The summed E-state index contributed by atoms with van der Waals surface area (Å²) in [6, 6.07) is 16.3. The molecule has 1 fully saturated rings. The van der Waals surface area contributed by atoms with Crippen molar-refractivity contribution in [3.63, 3.8) is 0 Å². The van der Waals surface area contributed by atoms with Crippen molar-refractivity contribution in [2.24, 2.45) is 0 Å². The van der Waals surface area contributed by atoms with E-state index in [0.29, 0.717) is 4.90 Å². The van der Waals surface area contributed by atoms with E-state index < -0.39 is 11.1 Å². The standard InChI is InChI=1S/C19H23NO2S/c1-15-3-2-13-20(15)14-12-16-4-6-17(7-5-16)18-8-10-19(11-9-18)23(21)22/h4-11,15H,2-3,12-14H2,1H3,(H,21,22)/p-1/t15-/m1/s1. The Balaban J connectivity index is 1.63. The van der Waals surface area contributed by atoms with E-state index in [1.54, 1.807) is 12.1 Å². The van der Waals surface area contributed by atoms with Gasteiger partial charge in [-0.2, -0.15) is 0 Å². The molecular formula is C19H22NO2S-. The van der Waals surface area contributed by atoms with Gasteiger partial charge in [-0.25, -0.2) is 0 Å². The lowest BCUT2D eigenvalue weighted by Crippen LogP contribution is -2.28. The summed E-state index contributed by atoms with van der Waals surface area (Å²) in [6.07, 6.45) is 3.73. The Morgan fingerprint density at radius 2 is 1.70 bits per heavy atom. The van der Waals surface area contributed by atoms with Crippen molar-refractivity contribution < 1.29 is 8.76 Å². The molecule has 0 aliphatic carbocycles. The van der Waals surface area contributed by atoms with Crippen molar-refractivity contribution in [3.8, 4) is 11.1 Å². The number of hydrogen-bond acceptors (Lipinski definition) is 3. The Morgan fingerprint density at radius 3 is 2.22 bits per heavy atom. The van der Waals surface area contributed by atoms with Crippen LogP contribution in [0.1, 0.15) is 25.3 Å². The van der Waals surface area contributed by atoms with Gasteiger partial charge in [-0.15, -0.1) is 0 Å². The lowest BCUT2D eigenvalue weighted by atomic mass is 10.0. The summed E-state index contributed by atoms with van der Waals surface area (Å²) in [7, 11) is 0.